The summed E-state index contributed by atoms with van der Waals surface area (Å²) >= 11 is 12.4. The summed E-state index contributed by atoms with van der Waals surface area (Å²) in [6.07, 6.45) is 3.51. The minimum Gasteiger partial charge on any atom is -0.339 e. The molecule has 2 aliphatic rings. The van der Waals surface area contributed by atoms with E-state index in [4.69, 9.17) is 27.7 Å². The summed E-state index contributed by atoms with van der Waals surface area (Å²) in [5.74, 6) is 1.60. The number of benzene rings is 1. The van der Waals surface area contributed by atoms with Gasteiger partial charge in [0.05, 0.1) is 15.6 Å². The van der Waals surface area contributed by atoms with Gasteiger partial charge in [0.25, 0.3) is 0 Å². The van der Waals surface area contributed by atoms with Crippen LogP contribution in [-0.4, -0.2) is 23.2 Å². The van der Waals surface area contributed by atoms with Crippen LogP contribution in [0.25, 0.3) is 11.4 Å². The quantitative estimate of drug-likeness (QED) is 0.866. The number of piperidine rings is 1. The normalized spacial score (nSPS) is 22.4. The molecule has 2 fully saturated rings. The molecule has 2 heterocycles. The van der Waals surface area contributed by atoms with E-state index in [9.17, 15) is 0 Å². The van der Waals surface area contributed by atoms with E-state index in [0.29, 0.717) is 32.8 Å². The van der Waals surface area contributed by atoms with Crippen LogP contribution in [0, 0.1) is 5.41 Å². The lowest BCUT2D eigenvalue weighted by Crippen LogP contribution is -2.29. The highest BCUT2D eigenvalue weighted by Crippen LogP contribution is 2.64. The summed E-state index contributed by atoms with van der Waals surface area (Å²) < 4.78 is 5.48. The van der Waals surface area contributed by atoms with Crippen molar-refractivity contribution in [3.63, 3.8) is 0 Å². The standard InChI is InChI=1S/C15H15Cl2N3O.ClH/c16-10-2-1-3-11(17)12(10)13-19-14(21-20-13)9-8-15(9)4-6-18-7-5-15;/h1-3,9,18H,4-8H2;1H. The summed E-state index contributed by atoms with van der Waals surface area (Å²) in [7, 11) is 0. The van der Waals surface area contributed by atoms with E-state index in [-0.39, 0.29) is 12.4 Å². The van der Waals surface area contributed by atoms with E-state index >= 15 is 0 Å². The van der Waals surface area contributed by atoms with Gasteiger partial charge in [-0.15, -0.1) is 12.4 Å². The maximum atomic E-state index is 6.20. The Labute approximate surface area is 145 Å². The van der Waals surface area contributed by atoms with Crippen LogP contribution < -0.4 is 5.32 Å². The Morgan fingerprint density at radius 2 is 1.86 bits per heavy atom. The Kier molecular flexibility index (Phi) is 4.38. The third-order valence-corrected chi connectivity index (χ3v) is 5.35. The van der Waals surface area contributed by atoms with Crippen LogP contribution in [0.1, 0.15) is 31.1 Å². The second kappa shape index (κ2) is 6.00. The SMILES string of the molecule is Cl.Clc1cccc(Cl)c1-c1noc(C2CC23CCNCC3)n1. The van der Waals surface area contributed by atoms with Gasteiger partial charge < -0.3 is 9.84 Å². The molecule has 22 heavy (non-hydrogen) atoms. The number of hydrogen-bond acceptors (Lipinski definition) is 4. The van der Waals surface area contributed by atoms with E-state index in [0.717, 1.165) is 25.4 Å². The Hall–Kier alpha value is -0.810. The van der Waals surface area contributed by atoms with E-state index in [1.807, 2.05) is 0 Å². The highest BCUT2D eigenvalue weighted by Gasteiger charge is 2.57. The number of nitrogens with zero attached hydrogens (tertiary/aromatic N) is 2. The maximum absolute atomic E-state index is 6.20. The van der Waals surface area contributed by atoms with Crippen LogP contribution in [-0.2, 0) is 0 Å². The van der Waals surface area contributed by atoms with Gasteiger partial charge in [-0.05, 0) is 49.9 Å². The fraction of sp³-hybridized carbons (Fsp3) is 0.467. The number of aromatic nitrogens is 2. The van der Waals surface area contributed by atoms with Gasteiger partial charge in [-0.25, -0.2) is 0 Å². The molecule has 118 valence electrons. The number of nitrogens with one attached hydrogen (secondary N) is 1. The Morgan fingerprint density at radius 3 is 2.55 bits per heavy atom. The van der Waals surface area contributed by atoms with Crippen LogP contribution in [0.3, 0.4) is 0 Å². The monoisotopic (exact) mass is 359 g/mol. The zero-order valence-electron chi connectivity index (χ0n) is 11.8. The second-order valence-corrected chi connectivity index (χ2v) is 6.74. The lowest BCUT2D eigenvalue weighted by atomic mass is 9.92. The van der Waals surface area contributed by atoms with Crippen LogP contribution in [0.5, 0.6) is 0 Å². The van der Waals surface area contributed by atoms with Crippen LogP contribution >= 0.6 is 35.6 Å². The zero-order chi connectivity index (χ0) is 14.4. The summed E-state index contributed by atoms with van der Waals surface area (Å²) in [5, 5.41) is 8.56. The summed E-state index contributed by atoms with van der Waals surface area (Å²) in [6.45, 7) is 2.15. The Bertz CT molecular complexity index is 662. The first-order chi connectivity index (χ1) is 10.2. The average Bonchev–Trinajstić information content (AvgIpc) is 2.95. The third kappa shape index (κ3) is 2.62. The van der Waals surface area contributed by atoms with Gasteiger partial charge in [0.15, 0.2) is 0 Å². The van der Waals surface area contributed by atoms with Crippen molar-refractivity contribution in [3.8, 4) is 11.4 Å². The molecule has 1 aromatic heterocycles. The highest BCUT2D eigenvalue weighted by atomic mass is 35.5. The Morgan fingerprint density at radius 1 is 1.18 bits per heavy atom. The van der Waals surface area contributed by atoms with Crippen molar-refractivity contribution < 1.29 is 4.52 Å². The zero-order valence-corrected chi connectivity index (χ0v) is 14.1. The minimum absolute atomic E-state index is 0. The van der Waals surface area contributed by atoms with Gasteiger partial charge in [-0.1, -0.05) is 34.4 Å². The molecule has 1 unspecified atom stereocenters. The van der Waals surface area contributed by atoms with E-state index < -0.39 is 0 Å². The predicted octanol–water partition coefficient (Wildman–Crippen LogP) is 4.32. The summed E-state index contributed by atoms with van der Waals surface area (Å²) in [5.41, 5.74) is 1.02. The largest absolute Gasteiger partial charge is 0.339 e. The number of rotatable bonds is 2. The molecule has 1 aliphatic heterocycles. The summed E-state index contributed by atoms with van der Waals surface area (Å²) in [6, 6.07) is 5.37. The van der Waals surface area contributed by atoms with Crippen molar-refractivity contribution in [2.45, 2.75) is 25.2 Å². The van der Waals surface area contributed by atoms with Crippen molar-refractivity contribution in [1.29, 1.82) is 0 Å². The first-order valence-electron chi connectivity index (χ1n) is 7.18. The van der Waals surface area contributed by atoms with Crippen LogP contribution in [0.2, 0.25) is 10.0 Å². The molecule has 2 aromatic rings. The molecule has 0 amide bonds. The molecular formula is C15H16Cl3N3O. The lowest BCUT2D eigenvalue weighted by molar-refractivity contribution is 0.311. The highest BCUT2D eigenvalue weighted by molar-refractivity contribution is 6.38. The predicted molar refractivity (Wildman–Crippen MR) is 88.9 cm³/mol. The molecule has 1 N–H and O–H groups in total. The smallest absolute Gasteiger partial charge is 0.230 e. The van der Waals surface area contributed by atoms with Crippen LogP contribution in [0.15, 0.2) is 22.7 Å². The first kappa shape index (κ1) is 16.1. The van der Waals surface area contributed by atoms with Crippen molar-refractivity contribution in [2.75, 3.05) is 13.1 Å². The number of halogens is 3. The summed E-state index contributed by atoms with van der Waals surface area (Å²) in [4.78, 5) is 4.55. The molecule has 1 aromatic carbocycles. The van der Waals surface area contributed by atoms with Crippen molar-refractivity contribution >= 4 is 35.6 Å². The Balaban J connectivity index is 0.00000144. The molecule has 7 heteroatoms. The molecular weight excluding hydrogens is 345 g/mol. The van der Waals surface area contributed by atoms with Crippen LogP contribution in [0.4, 0.5) is 0 Å². The molecule has 4 nitrogen and oxygen atoms in total. The first-order valence-corrected chi connectivity index (χ1v) is 7.94. The maximum Gasteiger partial charge on any atom is 0.230 e. The third-order valence-electron chi connectivity index (χ3n) is 4.72. The van der Waals surface area contributed by atoms with E-state index in [1.54, 1.807) is 18.2 Å². The van der Waals surface area contributed by atoms with Gasteiger partial charge in [-0.3, -0.25) is 0 Å². The van der Waals surface area contributed by atoms with Gasteiger partial charge >= 0.3 is 0 Å². The molecule has 0 radical (unpaired) electrons. The lowest BCUT2D eigenvalue weighted by Gasteiger charge is -2.22. The fourth-order valence-corrected chi connectivity index (χ4v) is 3.93. The van der Waals surface area contributed by atoms with Crippen molar-refractivity contribution in [1.82, 2.24) is 15.5 Å². The van der Waals surface area contributed by atoms with E-state index in [2.05, 4.69) is 15.5 Å². The van der Waals surface area contributed by atoms with Gasteiger partial charge in [0, 0.05) is 5.92 Å². The van der Waals surface area contributed by atoms with Crippen molar-refractivity contribution in [3.05, 3.63) is 34.1 Å². The molecule has 1 saturated carbocycles. The van der Waals surface area contributed by atoms with Gasteiger partial charge in [-0.2, -0.15) is 4.98 Å². The molecule has 4 rings (SSSR count). The van der Waals surface area contributed by atoms with Gasteiger partial charge in [0.2, 0.25) is 11.7 Å². The van der Waals surface area contributed by atoms with Gasteiger partial charge in [0.1, 0.15) is 0 Å². The molecule has 1 spiro atoms. The van der Waals surface area contributed by atoms with Crippen molar-refractivity contribution in [2.24, 2.45) is 5.41 Å². The average molecular weight is 361 g/mol. The van der Waals surface area contributed by atoms with E-state index in [1.165, 1.54) is 12.8 Å². The molecule has 1 aliphatic carbocycles. The topological polar surface area (TPSA) is 51.0 Å². The molecule has 1 atom stereocenters. The second-order valence-electron chi connectivity index (χ2n) is 5.92. The fourth-order valence-electron chi connectivity index (χ4n) is 3.36. The molecule has 0 bridgehead atoms. The number of hydrogen-bond donors (Lipinski definition) is 1. The minimum atomic E-state index is 0. The molecule has 1 saturated heterocycles.